The molecule has 0 aromatic heterocycles. The van der Waals surface area contributed by atoms with E-state index in [0.29, 0.717) is 11.8 Å². The van der Waals surface area contributed by atoms with Gasteiger partial charge in [-0.25, -0.2) is 0 Å². The molecule has 0 bridgehead atoms. The molecule has 0 radical (unpaired) electrons. The maximum absolute atomic E-state index is 9.36. The average molecular weight is 247 g/mol. The molecule has 1 aromatic rings. The van der Waals surface area contributed by atoms with Crippen molar-refractivity contribution in [1.82, 2.24) is 5.32 Å². The second kappa shape index (κ2) is 6.35. The lowest BCUT2D eigenvalue weighted by Gasteiger charge is -2.28. The molecule has 0 saturated heterocycles. The van der Waals surface area contributed by atoms with E-state index in [0.717, 1.165) is 6.54 Å². The van der Waals surface area contributed by atoms with E-state index in [9.17, 15) is 5.11 Å². The zero-order valence-electron chi connectivity index (χ0n) is 11.5. The molecule has 2 N–H and O–H groups in total. The van der Waals surface area contributed by atoms with Gasteiger partial charge in [-0.1, -0.05) is 38.1 Å². The van der Waals surface area contributed by atoms with E-state index in [1.807, 2.05) is 0 Å². The van der Waals surface area contributed by atoms with Gasteiger partial charge in [-0.2, -0.15) is 0 Å². The van der Waals surface area contributed by atoms with Crippen molar-refractivity contribution < 1.29 is 5.11 Å². The highest BCUT2D eigenvalue weighted by Crippen LogP contribution is 2.30. The predicted octanol–water partition coefficient (Wildman–Crippen LogP) is 2.71. The van der Waals surface area contributed by atoms with E-state index < -0.39 is 0 Å². The van der Waals surface area contributed by atoms with Gasteiger partial charge in [0, 0.05) is 12.6 Å². The van der Waals surface area contributed by atoms with Gasteiger partial charge in [0.15, 0.2) is 0 Å². The van der Waals surface area contributed by atoms with Crippen LogP contribution in [0.2, 0.25) is 0 Å². The van der Waals surface area contributed by atoms with Crippen LogP contribution in [0.3, 0.4) is 0 Å². The van der Waals surface area contributed by atoms with Crippen molar-refractivity contribution in [3.63, 3.8) is 0 Å². The van der Waals surface area contributed by atoms with Gasteiger partial charge >= 0.3 is 0 Å². The summed E-state index contributed by atoms with van der Waals surface area (Å²) < 4.78 is 0. The Morgan fingerprint density at radius 1 is 1.33 bits per heavy atom. The normalized spacial score (nSPS) is 20.8. The van der Waals surface area contributed by atoms with Crippen molar-refractivity contribution in [3.05, 3.63) is 35.4 Å². The molecule has 100 valence electrons. The molecule has 1 aliphatic rings. The predicted molar refractivity (Wildman–Crippen MR) is 75.8 cm³/mol. The number of aryl methyl sites for hydroxylation is 1. The molecule has 1 aromatic carbocycles. The van der Waals surface area contributed by atoms with E-state index in [4.69, 9.17) is 0 Å². The van der Waals surface area contributed by atoms with Gasteiger partial charge in [0.1, 0.15) is 0 Å². The van der Waals surface area contributed by atoms with Crippen LogP contribution in [0.4, 0.5) is 0 Å². The summed E-state index contributed by atoms with van der Waals surface area (Å²) in [5, 5.41) is 12.9. The fourth-order valence-electron chi connectivity index (χ4n) is 2.87. The second-order valence-corrected chi connectivity index (χ2v) is 5.73. The molecule has 0 fully saturated rings. The lowest BCUT2D eigenvalue weighted by Crippen LogP contribution is -2.39. The smallest absolute Gasteiger partial charge is 0.0587 e. The first-order valence-corrected chi connectivity index (χ1v) is 7.14. The van der Waals surface area contributed by atoms with E-state index in [1.165, 1.54) is 30.4 Å². The zero-order valence-corrected chi connectivity index (χ0v) is 11.5. The number of hydrogen-bond donors (Lipinski definition) is 2. The molecule has 2 heteroatoms. The Kier molecular flexibility index (Phi) is 4.79. The lowest BCUT2D eigenvalue weighted by molar-refractivity contribution is 0.208. The summed E-state index contributed by atoms with van der Waals surface area (Å²) in [6, 6.07) is 9.03. The molecule has 1 aliphatic carbocycles. The highest BCUT2D eigenvalue weighted by atomic mass is 16.3. The number of fused-ring (bicyclic) bond motifs is 1. The molecule has 2 atom stereocenters. The number of aliphatic hydroxyl groups is 1. The molecule has 2 nitrogen and oxygen atoms in total. The third kappa shape index (κ3) is 3.12. The van der Waals surface area contributed by atoms with Crippen molar-refractivity contribution in [2.45, 2.75) is 45.1 Å². The van der Waals surface area contributed by atoms with Crippen LogP contribution in [0.25, 0.3) is 0 Å². The topological polar surface area (TPSA) is 32.3 Å². The molecule has 0 aliphatic heterocycles. The van der Waals surface area contributed by atoms with Crippen LogP contribution < -0.4 is 5.32 Å². The molecule has 0 amide bonds. The summed E-state index contributed by atoms with van der Waals surface area (Å²) in [5.41, 5.74) is 3.03. The van der Waals surface area contributed by atoms with Gasteiger partial charge in [-0.05, 0) is 42.2 Å². The van der Waals surface area contributed by atoms with Gasteiger partial charge in [0.25, 0.3) is 0 Å². The minimum atomic E-state index is 0.221. The molecule has 2 rings (SSSR count). The number of nitrogens with one attached hydrogen (secondary N) is 1. The Morgan fingerprint density at radius 2 is 2.11 bits per heavy atom. The maximum atomic E-state index is 9.36. The molecular weight excluding hydrogens is 222 g/mol. The van der Waals surface area contributed by atoms with Crippen LogP contribution in [-0.4, -0.2) is 24.3 Å². The highest BCUT2D eigenvalue weighted by Gasteiger charge is 2.21. The first kappa shape index (κ1) is 13.6. The number of benzene rings is 1. The van der Waals surface area contributed by atoms with Gasteiger partial charge in [-0.3, -0.25) is 0 Å². The third-order valence-electron chi connectivity index (χ3n) is 4.12. The summed E-state index contributed by atoms with van der Waals surface area (Å²) >= 11 is 0. The molecule has 0 saturated carbocycles. The fourth-order valence-corrected chi connectivity index (χ4v) is 2.87. The first-order chi connectivity index (χ1) is 8.72. The summed E-state index contributed by atoms with van der Waals surface area (Å²) in [5.74, 6) is 1.09. The number of rotatable bonds is 5. The van der Waals surface area contributed by atoms with Crippen LogP contribution in [0.1, 0.15) is 43.7 Å². The lowest BCUT2D eigenvalue weighted by atomic mass is 9.82. The van der Waals surface area contributed by atoms with Crippen LogP contribution in [-0.2, 0) is 6.42 Å². The van der Waals surface area contributed by atoms with Gasteiger partial charge in [0.05, 0.1) is 6.61 Å². The molecule has 2 unspecified atom stereocenters. The average Bonchev–Trinajstić information content (AvgIpc) is 2.39. The largest absolute Gasteiger partial charge is 0.395 e. The monoisotopic (exact) mass is 247 g/mol. The molecular formula is C16H25NO. The van der Waals surface area contributed by atoms with Gasteiger partial charge in [0.2, 0.25) is 0 Å². The Labute approximate surface area is 110 Å². The van der Waals surface area contributed by atoms with Crippen LogP contribution >= 0.6 is 0 Å². The van der Waals surface area contributed by atoms with Crippen molar-refractivity contribution >= 4 is 0 Å². The number of aliphatic hydroxyl groups excluding tert-OH is 1. The standard InChI is InChI=1S/C16H25NO/c1-12(2)16(11-18)17-10-14-8-5-7-13-6-3-4-9-15(13)14/h3-4,6,9,12,14,16-18H,5,7-8,10-11H2,1-2H3. The van der Waals surface area contributed by atoms with Crippen LogP contribution in [0.15, 0.2) is 24.3 Å². The second-order valence-electron chi connectivity index (χ2n) is 5.73. The van der Waals surface area contributed by atoms with Crippen molar-refractivity contribution in [1.29, 1.82) is 0 Å². The van der Waals surface area contributed by atoms with E-state index in [-0.39, 0.29) is 12.6 Å². The maximum Gasteiger partial charge on any atom is 0.0587 e. The summed E-state index contributed by atoms with van der Waals surface area (Å²) in [4.78, 5) is 0. The molecule has 18 heavy (non-hydrogen) atoms. The van der Waals surface area contributed by atoms with E-state index >= 15 is 0 Å². The summed E-state index contributed by atoms with van der Waals surface area (Å²) in [6.07, 6.45) is 3.77. The van der Waals surface area contributed by atoms with Crippen molar-refractivity contribution in [2.24, 2.45) is 5.92 Å². The zero-order chi connectivity index (χ0) is 13.0. The fraction of sp³-hybridized carbons (Fsp3) is 0.625. The SMILES string of the molecule is CC(C)C(CO)NCC1CCCc2ccccc21. The third-order valence-corrected chi connectivity index (χ3v) is 4.12. The molecule has 0 heterocycles. The van der Waals surface area contributed by atoms with E-state index in [2.05, 4.69) is 43.4 Å². The van der Waals surface area contributed by atoms with Crippen LogP contribution in [0, 0.1) is 5.92 Å². The number of hydrogen-bond acceptors (Lipinski definition) is 2. The van der Waals surface area contributed by atoms with Crippen molar-refractivity contribution in [3.8, 4) is 0 Å². The Morgan fingerprint density at radius 3 is 2.83 bits per heavy atom. The van der Waals surface area contributed by atoms with E-state index in [1.54, 1.807) is 0 Å². The van der Waals surface area contributed by atoms with Gasteiger partial charge in [-0.15, -0.1) is 0 Å². The quantitative estimate of drug-likeness (QED) is 0.838. The Balaban J connectivity index is 1.99. The molecule has 0 spiro atoms. The van der Waals surface area contributed by atoms with Crippen LogP contribution in [0.5, 0.6) is 0 Å². The summed E-state index contributed by atoms with van der Waals surface area (Å²) in [7, 11) is 0. The highest BCUT2D eigenvalue weighted by molar-refractivity contribution is 5.32. The first-order valence-electron chi connectivity index (χ1n) is 7.14. The van der Waals surface area contributed by atoms with Gasteiger partial charge < -0.3 is 10.4 Å². The minimum absolute atomic E-state index is 0.221. The Hall–Kier alpha value is -0.860. The minimum Gasteiger partial charge on any atom is -0.395 e. The summed E-state index contributed by atoms with van der Waals surface area (Å²) in [6.45, 7) is 5.53. The van der Waals surface area contributed by atoms with Crippen molar-refractivity contribution in [2.75, 3.05) is 13.2 Å². The Bertz CT molecular complexity index is 375.